The summed E-state index contributed by atoms with van der Waals surface area (Å²) < 4.78 is 11.7. The number of ether oxygens (including phenoxy) is 2. The minimum absolute atomic E-state index is 0.126. The highest BCUT2D eigenvalue weighted by atomic mass is 79.9. The molecular formula is C19H19BrN2O3. The van der Waals surface area contributed by atoms with Crippen LogP contribution in [0.2, 0.25) is 0 Å². The van der Waals surface area contributed by atoms with Gasteiger partial charge >= 0.3 is 0 Å². The van der Waals surface area contributed by atoms with E-state index in [1.54, 1.807) is 12.1 Å². The first kappa shape index (κ1) is 18.8. The Hall–Kier alpha value is -2.52. The Morgan fingerprint density at radius 2 is 2.00 bits per heavy atom. The van der Waals surface area contributed by atoms with Gasteiger partial charge in [0, 0.05) is 12.6 Å². The number of rotatable bonds is 8. The second-order valence-electron chi connectivity index (χ2n) is 5.20. The minimum atomic E-state index is -0.213. The smallest absolute Gasteiger partial charge is 0.257 e. The minimum Gasteiger partial charge on any atom is -0.490 e. The lowest BCUT2D eigenvalue weighted by Gasteiger charge is -2.14. The summed E-state index contributed by atoms with van der Waals surface area (Å²) in [4.78, 5) is 12.0. The summed E-state index contributed by atoms with van der Waals surface area (Å²) in [6.45, 7) is 2.69. The molecule has 25 heavy (non-hydrogen) atoms. The maximum atomic E-state index is 12.0. The van der Waals surface area contributed by atoms with Crippen LogP contribution in [0.25, 0.3) is 0 Å². The number of carbonyl (C=O) groups is 1. The van der Waals surface area contributed by atoms with E-state index in [0.717, 1.165) is 12.0 Å². The summed E-state index contributed by atoms with van der Waals surface area (Å²) >= 11 is 3.35. The Balaban J connectivity index is 1.89. The highest BCUT2D eigenvalue weighted by molar-refractivity contribution is 9.10. The molecule has 0 spiro atoms. The molecule has 5 nitrogen and oxygen atoms in total. The lowest BCUT2D eigenvalue weighted by atomic mass is 10.1. The second kappa shape index (κ2) is 9.70. The molecule has 0 atom stereocenters. The molecule has 0 saturated heterocycles. The van der Waals surface area contributed by atoms with Crippen molar-refractivity contribution in [2.24, 2.45) is 0 Å². The highest BCUT2D eigenvalue weighted by Crippen LogP contribution is 2.36. The van der Waals surface area contributed by atoms with Crippen LogP contribution in [0.5, 0.6) is 11.5 Å². The number of benzene rings is 2. The molecule has 0 aliphatic rings. The van der Waals surface area contributed by atoms with Crippen LogP contribution in [0.4, 0.5) is 0 Å². The standard InChI is InChI=1S/C19H19BrN2O3/c1-2-24-17-11-15(12-21)10-16(20)19(17)25-13-18(23)22-9-8-14-6-4-3-5-7-14/h3-7,10-11H,2,8-9,13H2,1H3,(H,22,23). The molecule has 1 amide bonds. The number of hydrogen-bond donors (Lipinski definition) is 1. The average Bonchev–Trinajstić information content (AvgIpc) is 2.62. The number of nitriles is 1. The molecule has 0 heterocycles. The van der Waals surface area contributed by atoms with Crippen molar-refractivity contribution in [3.8, 4) is 17.6 Å². The lowest BCUT2D eigenvalue weighted by molar-refractivity contribution is -0.123. The average molecular weight is 403 g/mol. The van der Waals surface area contributed by atoms with Crippen molar-refractivity contribution in [3.05, 3.63) is 58.1 Å². The molecule has 2 aromatic carbocycles. The van der Waals surface area contributed by atoms with Gasteiger partial charge < -0.3 is 14.8 Å². The molecule has 0 saturated carbocycles. The predicted octanol–water partition coefficient (Wildman–Crippen LogP) is 3.46. The summed E-state index contributed by atoms with van der Waals surface area (Å²) in [5, 5.41) is 11.8. The summed E-state index contributed by atoms with van der Waals surface area (Å²) in [5.41, 5.74) is 1.62. The fourth-order valence-corrected chi connectivity index (χ4v) is 2.77. The number of hydrogen-bond acceptors (Lipinski definition) is 4. The van der Waals surface area contributed by atoms with Crippen LogP contribution in [0, 0.1) is 11.3 Å². The number of halogens is 1. The van der Waals surface area contributed by atoms with Gasteiger partial charge in [-0.05, 0) is 40.9 Å². The van der Waals surface area contributed by atoms with Crippen molar-refractivity contribution in [2.45, 2.75) is 13.3 Å². The monoisotopic (exact) mass is 402 g/mol. The SMILES string of the molecule is CCOc1cc(C#N)cc(Br)c1OCC(=O)NCCc1ccccc1. The van der Waals surface area contributed by atoms with E-state index in [1.807, 2.05) is 37.3 Å². The number of carbonyl (C=O) groups excluding carboxylic acids is 1. The number of nitrogens with zero attached hydrogens (tertiary/aromatic N) is 1. The maximum absolute atomic E-state index is 12.0. The van der Waals surface area contributed by atoms with Gasteiger partial charge in [0.05, 0.1) is 22.7 Å². The van der Waals surface area contributed by atoms with Gasteiger partial charge in [-0.1, -0.05) is 30.3 Å². The maximum Gasteiger partial charge on any atom is 0.257 e. The van der Waals surface area contributed by atoms with E-state index in [-0.39, 0.29) is 12.5 Å². The van der Waals surface area contributed by atoms with Crippen LogP contribution in [0.15, 0.2) is 46.9 Å². The fourth-order valence-electron chi connectivity index (χ4n) is 2.22. The molecule has 0 bridgehead atoms. The first-order chi connectivity index (χ1) is 12.1. The molecule has 2 aromatic rings. The molecule has 0 aromatic heterocycles. The van der Waals surface area contributed by atoms with E-state index >= 15 is 0 Å². The predicted molar refractivity (Wildman–Crippen MR) is 98.7 cm³/mol. The molecule has 0 unspecified atom stereocenters. The molecule has 1 N–H and O–H groups in total. The molecule has 0 fully saturated rings. The van der Waals surface area contributed by atoms with E-state index in [2.05, 4.69) is 27.3 Å². The van der Waals surface area contributed by atoms with Crippen molar-refractivity contribution >= 4 is 21.8 Å². The summed E-state index contributed by atoms with van der Waals surface area (Å²) in [6.07, 6.45) is 0.761. The van der Waals surface area contributed by atoms with E-state index in [0.29, 0.717) is 34.7 Å². The summed E-state index contributed by atoms with van der Waals surface area (Å²) in [6, 6.07) is 15.2. The van der Waals surface area contributed by atoms with Gasteiger partial charge in [-0.3, -0.25) is 4.79 Å². The molecule has 0 radical (unpaired) electrons. The van der Waals surface area contributed by atoms with E-state index < -0.39 is 0 Å². The van der Waals surface area contributed by atoms with Gasteiger partial charge in [0.1, 0.15) is 0 Å². The Kier molecular flexibility index (Phi) is 7.30. The zero-order valence-corrected chi connectivity index (χ0v) is 15.5. The molecule has 0 aliphatic heterocycles. The van der Waals surface area contributed by atoms with Gasteiger partial charge in [0.25, 0.3) is 5.91 Å². The first-order valence-electron chi connectivity index (χ1n) is 7.94. The van der Waals surface area contributed by atoms with Gasteiger partial charge in [0.15, 0.2) is 18.1 Å². The second-order valence-corrected chi connectivity index (χ2v) is 6.06. The summed E-state index contributed by atoms with van der Waals surface area (Å²) in [7, 11) is 0. The Morgan fingerprint density at radius 3 is 2.68 bits per heavy atom. The third kappa shape index (κ3) is 5.80. The van der Waals surface area contributed by atoms with Crippen LogP contribution in [0.3, 0.4) is 0 Å². The van der Waals surface area contributed by atoms with E-state index in [9.17, 15) is 4.79 Å². The molecule has 2 rings (SSSR count). The largest absolute Gasteiger partial charge is 0.490 e. The van der Waals surface area contributed by atoms with Gasteiger partial charge in [-0.2, -0.15) is 5.26 Å². The van der Waals surface area contributed by atoms with Crippen molar-refractivity contribution in [3.63, 3.8) is 0 Å². The Morgan fingerprint density at radius 1 is 1.24 bits per heavy atom. The van der Waals surface area contributed by atoms with Crippen molar-refractivity contribution in [1.82, 2.24) is 5.32 Å². The van der Waals surface area contributed by atoms with Crippen molar-refractivity contribution in [1.29, 1.82) is 5.26 Å². The molecule has 0 aliphatic carbocycles. The lowest BCUT2D eigenvalue weighted by Crippen LogP contribution is -2.30. The van der Waals surface area contributed by atoms with Gasteiger partial charge in [0.2, 0.25) is 0 Å². The highest BCUT2D eigenvalue weighted by Gasteiger charge is 2.14. The van der Waals surface area contributed by atoms with E-state index in [4.69, 9.17) is 14.7 Å². The third-order valence-corrected chi connectivity index (χ3v) is 3.95. The van der Waals surface area contributed by atoms with Crippen molar-refractivity contribution in [2.75, 3.05) is 19.8 Å². The Bertz CT molecular complexity index is 757. The molecule has 6 heteroatoms. The zero-order valence-electron chi connectivity index (χ0n) is 13.9. The molecule has 130 valence electrons. The van der Waals surface area contributed by atoms with Gasteiger partial charge in [-0.15, -0.1) is 0 Å². The quantitative estimate of drug-likeness (QED) is 0.733. The summed E-state index contributed by atoms with van der Waals surface area (Å²) in [5.74, 6) is 0.638. The Labute approximate surface area is 155 Å². The van der Waals surface area contributed by atoms with Crippen LogP contribution in [-0.2, 0) is 11.2 Å². The first-order valence-corrected chi connectivity index (χ1v) is 8.73. The molecular weight excluding hydrogens is 384 g/mol. The van der Waals surface area contributed by atoms with Crippen LogP contribution >= 0.6 is 15.9 Å². The zero-order chi connectivity index (χ0) is 18.1. The third-order valence-electron chi connectivity index (χ3n) is 3.36. The topological polar surface area (TPSA) is 71.3 Å². The number of amides is 1. The van der Waals surface area contributed by atoms with Crippen LogP contribution in [-0.4, -0.2) is 25.7 Å². The van der Waals surface area contributed by atoms with Crippen LogP contribution < -0.4 is 14.8 Å². The van der Waals surface area contributed by atoms with Crippen molar-refractivity contribution < 1.29 is 14.3 Å². The fraction of sp³-hybridized carbons (Fsp3) is 0.263. The van der Waals surface area contributed by atoms with E-state index in [1.165, 1.54) is 0 Å². The van der Waals surface area contributed by atoms with Crippen LogP contribution in [0.1, 0.15) is 18.1 Å². The number of nitrogens with one attached hydrogen (secondary N) is 1. The van der Waals surface area contributed by atoms with Gasteiger partial charge in [-0.25, -0.2) is 0 Å². The normalized spacial score (nSPS) is 9.96.